The first kappa shape index (κ1) is 16.6. The number of esters is 2. The highest BCUT2D eigenvalue weighted by Crippen LogP contribution is 2.20. The monoisotopic (exact) mass is 324 g/mol. The molecule has 0 radical (unpaired) electrons. The third-order valence-corrected chi connectivity index (χ3v) is 2.89. The molecule has 0 aliphatic heterocycles. The first-order chi connectivity index (χ1) is 10.8. The molecular formula is C15H11F3N2O3. The summed E-state index contributed by atoms with van der Waals surface area (Å²) >= 11 is 0. The van der Waals surface area contributed by atoms with Gasteiger partial charge in [0.25, 0.3) is 0 Å². The molecule has 0 unspecified atom stereocenters. The number of halogens is 3. The lowest BCUT2D eigenvalue weighted by Crippen LogP contribution is -2.28. The van der Waals surface area contributed by atoms with Gasteiger partial charge in [0, 0.05) is 18.3 Å². The van der Waals surface area contributed by atoms with E-state index in [0.717, 1.165) is 5.56 Å². The number of carbonyl (C=O) groups excluding carboxylic acids is 2. The van der Waals surface area contributed by atoms with Crippen LogP contribution in [0.4, 0.5) is 13.2 Å². The minimum atomic E-state index is -5.22. The second-order valence-electron chi connectivity index (χ2n) is 4.51. The summed E-state index contributed by atoms with van der Waals surface area (Å²) in [6.45, 7) is 0.333. The first-order valence-corrected chi connectivity index (χ1v) is 6.40. The predicted molar refractivity (Wildman–Crippen MR) is 74.0 cm³/mol. The molecule has 0 amide bonds. The second kappa shape index (κ2) is 6.57. The van der Waals surface area contributed by atoms with Gasteiger partial charge in [-0.1, -0.05) is 12.1 Å². The largest absolute Gasteiger partial charge is 0.491 e. The van der Waals surface area contributed by atoms with E-state index in [-0.39, 0.29) is 5.56 Å². The second-order valence-corrected chi connectivity index (χ2v) is 4.51. The van der Waals surface area contributed by atoms with E-state index in [9.17, 15) is 22.8 Å². The van der Waals surface area contributed by atoms with Crippen LogP contribution in [0.1, 0.15) is 15.9 Å². The number of nitrogens with two attached hydrogens (primary N) is 1. The van der Waals surface area contributed by atoms with Gasteiger partial charge in [-0.3, -0.25) is 4.98 Å². The van der Waals surface area contributed by atoms with Crippen molar-refractivity contribution in [1.82, 2.24) is 4.98 Å². The number of hydrogen-bond donors (Lipinski definition) is 1. The van der Waals surface area contributed by atoms with E-state index >= 15 is 0 Å². The molecule has 0 saturated heterocycles. The van der Waals surface area contributed by atoms with Gasteiger partial charge in [-0.15, -0.1) is 0 Å². The third kappa shape index (κ3) is 4.13. The molecule has 23 heavy (non-hydrogen) atoms. The van der Waals surface area contributed by atoms with Crippen LogP contribution in [0.3, 0.4) is 0 Å². The average Bonchev–Trinajstić information content (AvgIpc) is 2.54. The molecule has 0 fully saturated rings. The number of nitrogens with zero attached hydrogens (tertiary/aromatic N) is 1. The number of hydrogen-bond acceptors (Lipinski definition) is 5. The van der Waals surface area contributed by atoms with Crippen molar-refractivity contribution < 1.29 is 27.5 Å². The van der Waals surface area contributed by atoms with Crippen molar-refractivity contribution in [3.05, 3.63) is 53.7 Å². The lowest BCUT2D eigenvalue weighted by Gasteiger charge is -2.07. The van der Waals surface area contributed by atoms with Crippen LogP contribution in [0, 0.1) is 0 Å². The Morgan fingerprint density at radius 1 is 1.13 bits per heavy atom. The first-order valence-electron chi connectivity index (χ1n) is 6.40. The van der Waals surface area contributed by atoms with E-state index in [1.165, 1.54) is 24.3 Å². The number of alkyl halides is 3. The number of ether oxygens (including phenoxy) is 1. The lowest BCUT2D eigenvalue weighted by atomic mass is 10.1. The van der Waals surface area contributed by atoms with Crippen LogP contribution < -0.4 is 5.73 Å². The van der Waals surface area contributed by atoms with E-state index in [1.54, 1.807) is 18.3 Å². The van der Waals surface area contributed by atoms with E-state index in [0.29, 0.717) is 17.8 Å². The fraction of sp³-hybridized carbons (Fsp3) is 0.133. The van der Waals surface area contributed by atoms with Crippen molar-refractivity contribution in [2.45, 2.75) is 12.7 Å². The zero-order valence-corrected chi connectivity index (χ0v) is 11.6. The number of aromatic nitrogens is 1. The van der Waals surface area contributed by atoms with Gasteiger partial charge in [0.15, 0.2) is 0 Å². The zero-order valence-electron chi connectivity index (χ0n) is 11.6. The lowest BCUT2D eigenvalue weighted by molar-refractivity contribution is -0.193. The maximum Gasteiger partial charge on any atom is 0.491 e. The molecule has 0 atom stereocenters. The van der Waals surface area contributed by atoms with Gasteiger partial charge in [-0.05, 0) is 29.8 Å². The van der Waals surface area contributed by atoms with Gasteiger partial charge < -0.3 is 10.5 Å². The van der Waals surface area contributed by atoms with Gasteiger partial charge in [0.1, 0.15) is 0 Å². The highest BCUT2D eigenvalue weighted by Gasteiger charge is 2.42. The topological polar surface area (TPSA) is 82.3 Å². The fourth-order valence-corrected chi connectivity index (χ4v) is 1.74. The van der Waals surface area contributed by atoms with Crippen LogP contribution in [0.2, 0.25) is 0 Å². The molecule has 0 aliphatic carbocycles. The van der Waals surface area contributed by atoms with Crippen molar-refractivity contribution in [1.29, 1.82) is 0 Å². The number of pyridine rings is 1. The highest BCUT2D eigenvalue weighted by molar-refractivity contribution is 5.98. The van der Waals surface area contributed by atoms with Crippen molar-refractivity contribution in [3.63, 3.8) is 0 Å². The summed E-state index contributed by atoms with van der Waals surface area (Å²) in [5, 5.41) is 0. The zero-order chi connectivity index (χ0) is 17.0. The molecule has 1 aromatic heterocycles. The van der Waals surface area contributed by atoms with Crippen LogP contribution in [0.15, 0.2) is 42.6 Å². The smallest absolute Gasteiger partial charge is 0.383 e. The average molecular weight is 324 g/mol. The quantitative estimate of drug-likeness (QED) is 0.693. The van der Waals surface area contributed by atoms with E-state index in [2.05, 4.69) is 9.72 Å². The summed E-state index contributed by atoms with van der Waals surface area (Å²) in [4.78, 5) is 26.2. The molecule has 2 rings (SSSR count). The summed E-state index contributed by atoms with van der Waals surface area (Å²) in [6, 6.07) is 8.96. The minimum Gasteiger partial charge on any atom is -0.383 e. The van der Waals surface area contributed by atoms with E-state index in [1.807, 2.05) is 0 Å². The minimum absolute atomic E-state index is 0.179. The molecular weight excluding hydrogens is 313 g/mol. The van der Waals surface area contributed by atoms with Crippen molar-refractivity contribution in [3.8, 4) is 11.3 Å². The SMILES string of the molecule is NCc1ccnc(-c2ccc(C(=O)OC(=O)C(F)(F)F)cc2)c1. The van der Waals surface area contributed by atoms with E-state index < -0.39 is 18.1 Å². The molecule has 0 spiro atoms. The molecule has 5 nitrogen and oxygen atoms in total. The Labute approximate surface area is 128 Å². The summed E-state index contributed by atoms with van der Waals surface area (Å²) < 4.78 is 39.9. The number of benzene rings is 1. The van der Waals surface area contributed by atoms with Crippen molar-refractivity contribution in [2.24, 2.45) is 5.73 Å². The molecule has 1 aromatic carbocycles. The summed E-state index contributed by atoms with van der Waals surface area (Å²) in [5.41, 5.74) is 7.44. The van der Waals surface area contributed by atoms with Crippen molar-refractivity contribution >= 4 is 11.9 Å². The standard InChI is InChI=1S/C15H11F3N2O3/c16-15(17,18)14(22)23-13(21)11-3-1-10(2-4-11)12-7-9(8-19)5-6-20-12/h1-7H,8,19H2. The third-order valence-electron chi connectivity index (χ3n) is 2.89. The normalized spacial score (nSPS) is 11.1. The molecule has 120 valence electrons. The molecule has 2 aromatic rings. The van der Waals surface area contributed by atoms with E-state index in [4.69, 9.17) is 5.73 Å². The van der Waals surface area contributed by atoms with Gasteiger partial charge in [0.05, 0.1) is 11.3 Å². The molecule has 2 N–H and O–H groups in total. The Balaban J connectivity index is 2.16. The Morgan fingerprint density at radius 3 is 2.35 bits per heavy atom. The fourth-order valence-electron chi connectivity index (χ4n) is 1.74. The van der Waals surface area contributed by atoms with Crippen LogP contribution in [0.25, 0.3) is 11.3 Å². The predicted octanol–water partition coefficient (Wildman–Crippen LogP) is 2.45. The van der Waals surface area contributed by atoms with Crippen LogP contribution >= 0.6 is 0 Å². The Hall–Kier alpha value is -2.74. The van der Waals surface area contributed by atoms with Crippen LogP contribution in [-0.4, -0.2) is 23.1 Å². The summed E-state index contributed by atoms with van der Waals surface area (Å²) in [5.74, 6) is -3.92. The van der Waals surface area contributed by atoms with Crippen LogP contribution in [0.5, 0.6) is 0 Å². The van der Waals surface area contributed by atoms with Gasteiger partial charge in [-0.2, -0.15) is 13.2 Å². The molecule has 0 bridgehead atoms. The number of carbonyl (C=O) groups is 2. The Bertz CT molecular complexity index is 727. The summed E-state index contributed by atoms with van der Waals surface area (Å²) in [6.07, 6.45) is -3.65. The number of rotatable bonds is 3. The van der Waals surface area contributed by atoms with Crippen LogP contribution in [-0.2, 0) is 16.1 Å². The molecule has 0 saturated carbocycles. The Kier molecular flexibility index (Phi) is 4.75. The maximum absolute atomic E-state index is 12.0. The van der Waals surface area contributed by atoms with Crippen molar-refractivity contribution in [2.75, 3.05) is 0 Å². The van der Waals surface area contributed by atoms with Gasteiger partial charge >= 0.3 is 18.1 Å². The summed E-state index contributed by atoms with van der Waals surface area (Å²) in [7, 11) is 0. The Morgan fingerprint density at radius 2 is 1.78 bits per heavy atom. The van der Waals surface area contributed by atoms with Gasteiger partial charge in [-0.25, -0.2) is 9.59 Å². The van der Waals surface area contributed by atoms with Gasteiger partial charge in [0.2, 0.25) is 0 Å². The highest BCUT2D eigenvalue weighted by atomic mass is 19.4. The molecule has 8 heteroatoms. The molecule has 0 aliphatic rings. The maximum atomic E-state index is 12.0. The molecule has 1 heterocycles.